The molecule has 0 amide bonds. The number of unbranched alkanes of at least 4 members (excludes halogenated alkanes) is 1. The van der Waals surface area contributed by atoms with E-state index in [2.05, 4.69) is 41.7 Å². The van der Waals surface area contributed by atoms with Gasteiger partial charge >= 0.3 is 0 Å². The number of imidazole rings is 1. The van der Waals surface area contributed by atoms with Crippen molar-refractivity contribution in [3.05, 3.63) is 18.7 Å². The van der Waals surface area contributed by atoms with Gasteiger partial charge < -0.3 is 4.74 Å². The van der Waals surface area contributed by atoms with Crippen molar-refractivity contribution in [2.24, 2.45) is 0 Å². The van der Waals surface area contributed by atoms with Crippen LogP contribution >= 0.6 is 0 Å². The van der Waals surface area contributed by atoms with Crippen LogP contribution in [0.2, 0.25) is 0 Å². The Labute approximate surface area is 99.0 Å². The second kappa shape index (κ2) is 8.34. The standard InChI is InChI=1S/C13H25N2O/c1-3-5-7-14-9-10-15(13-14)8-6-12-16-11-4-2/h9-10,13H,3-8,11-12H2,1-2H3/q+1. The van der Waals surface area contributed by atoms with Crippen molar-refractivity contribution in [1.29, 1.82) is 0 Å². The third-order valence-corrected chi connectivity index (χ3v) is 2.57. The summed E-state index contributed by atoms with van der Waals surface area (Å²) in [5.74, 6) is 0. The number of hydrogen-bond donors (Lipinski definition) is 0. The summed E-state index contributed by atoms with van der Waals surface area (Å²) in [7, 11) is 0. The SMILES string of the molecule is CCCCn1cc[n+](CCCOCCC)c1. The van der Waals surface area contributed by atoms with E-state index in [-0.39, 0.29) is 0 Å². The Morgan fingerprint density at radius 1 is 1.12 bits per heavy atom. The zero-order valence-electron chi connectivity index (χ0n) is 10.7. The van der Waals surface area contributed by atoms with Gasteiger partial charge in [-0.15, -0.1) is 0 Å². The third kappa shape index (κ3) is 5.31. The zero-order chi connectivity index (χ0) is 11.6. The Kier molecular flexibility index (Phi) is 6.90. The summed E-state index contributed by atoms with van der Waals surface area (Å²) in [4.78, 5) is 0. The van der Waals surface area contributed by atoms with Gasteiger partial charge in [-0.1, -0.05) is 20.3 Å². The van der Waals surface area contributed by atoms with Gasteiger partial charge in [-0.05, 0) is 12.8 Å². The summed E-state index contributed by atoms with van der Waals surface area (Å²) >= 11 is 0. The quantitative estimate of drug-likeness (QED) is 0.466. The van der Waals surface area contributed by atoms with Crippen LogP contribution in [0.1, 0.15) is 39.5 Å². The molecular weight excluding hydrogens is 200 g/mol. The first-order valence-electron chi connectivity index (χ1n) is 6.49. The number of nitrogens with zero attached hydrogens (tertiary/aromatic N) is 2. The van der Waals surface area contributed by atoms with Gasteiger partial charge in [0.15, 0.2) is 0 Å². The number of rotatable bonds is 9. The average Bonchev–Trinajstić information content (AvgIpc) is 2.74. The molecule has 0 aliphatic carbocycles. The second-order valence-electron chi connectivity index (χ2n) is 4.21. The summed E-state index contributed by atoms with van der Waals surface area (Å²) in [6.45, 7) is 8.33. The van der Waals surface area contributed by atoms with Gasteiger partial charge in [0.25, 0.3) is 0 Å². The summed E-state index contributed by atoms with van der Waals surface area (Å²) in [6.07, 6.45) is 11.2. The molecule has 0 fully saturated rings. The van der Waals surface area contributed by atoms with Crippen LogP contribution in [-0.4, -0.2) is 17.8 Å². The lowest BCUT2D eigenvalue weighted by Gasteiger charge is -2.00. The van der Waals surface area contributed by atoms with Crippen LogP contribution in [0, 0.1) is 0 Å². The van der Waals surface area contributed by atoms with E-state index < -0.39 is 0 Å². The van der Waals surface area contributed by atoms with Crippen molar-refractivity contribution in [1.82, 2.24) is 4.57 Å². The van der Waals surface area contributed by atoms with Crippen LogP contribution in [0.4, 0.5) is 0 Å². The highest BCUT2D eigenvalue weighted by Gasteiger charge is 2.02. The Morgan fingerprint density at radius 2 is 2.00 bits per heavy atom. The summed E-state index contributed by atoms with van der Waals surface area (Å²) in [5.41, 5.74) is 0. The fraction of sp³-hybridized carbons (Fsp3) is 0.769. The molecule has 1 aromatic heterocycles. The highest BCUT2D eigenvalue weighted by molar-refractivity contribution is 4.65. The smallest absolute Gasteiger partial charge is 0.243 e. The molecule has 0 saturated carbocycles. The first-order chi connectivity index (χ1) is 7.86. The lowest BCUT2D eigenvalue weighted by atomic mass is 10.3. The van der Waals surface area contributed by atoms with Crippen molar-refractivity contribution in [3.63, 3.8) is 0 Å². The molecule has 0 radical (unpaired) electrons. The van der Waals surface area contributed by atoms with Crippen LogP contribution in [0.3, 0.4) is 0 Å². The Hall–Kier alpha value is -0.830. The maximum Gasteiger partial charge on any atom is 0.243 e. The van der Waals surface area contributed by atoms with Crippen LogP contribution < -0.4 is 4.57 Å². The summed E-state index contributed by atoms with van der Waals surface area (Å²) in [5, 5.41) is 0. The first-order valence-corrected chi connectivity index (χ1v) is 6.49. The minimum atomic E-state index is 0.876. The van der Waals surface area contributed by atoms with E-state index in [4.69, 9.17) is 4.74 Å². The molecule has 1 rings (SSSR count). The van der Waals surface area contributed by atoms with E-state index >= 15 is 0 Å². The first kappa shape index (κ1) is 13.2. The highest BCUT2D eigenvalue weighted by Crippen LogP contribution is 1.93. The average molecular weight is 225 g/mol. The lowest BCUT2D eigenvalue weighted by Crippen LogP contribution is -2.31. The van der Waals surface area contributed by atoms with Crippen molar-refractivity contribution in [3.8, 4) is 0 Å². The van der Waals surface area contributed by atoms with Crippen molar-refractivity contribution in [2.75, 3.05) is 13.2 Å². The van der Waals surface area contributed by atoms with E-state index in [9.17, 15) is 0 Å². The van der Waals surface area contributed by atoms with Crippen LogP contribution in [-0.2, 0) is 17.8 Å². The molecular formula is C13H25N2O+. The summed E-state index contributed by atoms with van der Waals surface area (Å²) in [6, 6.07) is 0. The molecule has 0 saturated heterocycles. The molecule has 0 bridgehead atoms. The molecule has 3 nitrogen and oxygen atoms in total. The number of aromatic nitrogens is 2. The van der Waals surface area contributed by atoms with Crippen LogP contribution in [0.15, 0.2) is 18.7 Å². The van der Waals surface area contributed by atoms with E-state index in [0.717, 1.165) is 39.1 Å². The van der Waals surface area contributed by atoms with E-state index in [1.807, 2.05) is 0 Å². The molecule has 0 aliphatic rings. The molecule has 0 aliphatic heterocycles. The van der Waals surface area contributed by atoms with E-state index in [1.165, 1.54) is 12.8 Å². The van der Waals surface area contributed by atoms with E-state index in [0.29, 0.717) is 0 Å². The minimum Gasteiger partial charge on any atom is -0.381 e. The molecule has 1 heterocycles. The van der Waals surface area contributed by atoms with Gasteiger partial charge in [0.05, 0.1) is 19.7 Å². The number of aryl methyl sites for hydroxylation is 2. The van der Waals surface area contributed by atoms with Gasteiger partial charge in [0, 0.05) is 13.0 Å². The van der Waals surface area contributed by atoms with Gasteiger partial charge in [-0.25, -0.2) is 9.13 Å². The zero-order valence-corrected chi connectivity index (χ0v) is 10.7. The number of hydrogen-bond acceptors (Lipinski definition) is 1. The normalized spacial score (nSPS) is 10.9. The second-order valence-corrected chi connectivity index (χ2v) is 4.21. The monoisotopic (exact) mass is 225 g/mol. The van der Waals surface area contributed by atoms with Gasteiger partial charge in [0.1, 0.15) is 12.4 Å². The fourth-order valence-corrected chi connectivity index (χ4v) is 1.64. The largest absolute Gasteiger partial charge is 0.381 e. The molecule has 16 heavy (non-hydrogen) atoms. The maximum absolute atomic E-state index is 5.46. The van der Waals surface area contributed by atoms with E-state index in [1.54, 1.807) is 0 Å². The van der Waals surface area contributed by atoms with Crippen LogP contribution in [0.25, 0.3) is 0 Å². The number of ether oxygens (including phenoxy) is 1. The molecule has 92 valence electrons. The fourth-order valence-electron chi connectivity index (χ4n) is 1.64. The predicted molar refractivity (Wildman–Crippen MR) is 65.3 cm³/mol. The Morgan fingerprint density at radius 3 is 2.75 bits per heavy atom. The molecule has 0 atom stereocenters. The van der Waals surface area contributed by atoms with Gasteiger partial charge in [-0.2, -0.15) is 0 Å². The molecule has 1 aromatic rings. The third-order valence-electron chi connectivity index (χ3n) is 2.57. The predicted octanol–water partition coefficient (Wildman–Crippen LogP) is 2.39. The van der Waals surface area contributed by atoms with Gasteiger partial charge in [0.2, 0.25) is 6.33 Å². The lowest BCUT2D eigenvalue weighted by molar-refractivity contribution is -0.697. The molecule has 0 spiro atoms. The van der Waals surface area contributed by atoms with Crippen molar-refractivity contribution >= 4 is 0 Å². The molecule has 0 aromatic carbocycles. The maximum atomic E-state index is 5.46. The van der Waals surface area contributed by atoms with Crippen LogP contribution in [0.5, 0.6) is 0 Å². The topological polar surface area (TPSA) is 18.0 Å². The Bertz CT molecular complexity index is 271. The van der Waals surface area contributed by atoms with Crippen molar-refractivity contribution in [2.45, 2.75) is 52.6 Å². The molecule has 3 heteroatoms. The van der Waals surface area contributed by atoms with Gasteiger partial charge in [-0.3, -0.25) is 0 Å². The Balaban J connectivity index is 2.14. The summed E-state index contributed by atoms with van der Waals surface area (Å²) < 4.78 is 9.96. The minimum absolute atomic E-state index is 0.876. The highest BCUT2D eigenvalue weighted by atomic mass is 16.5. The molecule has 0 N–H and O–H groups in total. The molecule has 0 unspecified atom stereocenters. The van der Waals surface area contributed by atoms with Crippen molar-refractivity contribution < 1.29 is 9.30 Å².